The Morgan fingerprint density at radius 2 is 1.86 bits per heavy atom. The quantitative estimate of drug-likeness (QED) is 0.808. The van der Waals surface area contributed by atoms with E-state index in [0.717, 1.165) is 6.07 Å². The number of hydrogen-bond donors (Lipinski definition) is 0. The van der Waals surface area contributed by atoms with Crippen LogP contribution in [0.3, 0.4) is 0 Å². The molecule has 0 aromatic heterocycles. The molecule has 0 radical (unpaired) electrons. The van der Waals surface area contributed by atoms with Gasteiger partial charge < -0.3 is 9.47 Å². The molecule has 1 heterocycles. The molecule has 0 saturated carbocycles. The van der Waals surface area contributed by atoms with E-state index in [1.54, 1.807) is 18.2 Å². The largest absolute Gasteiger partial charge is 0.454 e. The number of Topliss-reactive ketones (excluding diaryl/α,β-unsaturated/α-hetero) is 1. The molecule has 1 aliphatic rings. The van der Waals surface area contributed by atoms with Gasteiger partial charge in [-0.25, -0.2) is 8.78 Å². The minimum Gasteiger partial charge on any atom is -0.454 e. The van der Waals surface area contributed by atoms with Gasteiger partial charge in [0.1, 0.15) is 11.6 Å². The zero-order chi connectivity index (χ0) is 14.8. The van der Waals surface area contributed by atoms with Crippen LogP contribution in [0, 0.1) is 11.6 Å². The molecule has 0 saturated heterocycles. The normalized spacial score (nSPS) is 12.5. The summed E-state index contributed by atoms with van der Waals surface area (Å²) in [5.74, 6) is -0.242. The second-order valence-corrected chi connectivity index (χ2v) is 4.73. The molecule has 3 rings (SSSR count). The van der Waals surface area contributed by atoms with E-state index in [-0.39, 0.29) is 25.4 Å². The van der Waals surface area contributed by atoms with Gasteiger partial charge in [0.05, 0.1) is 0 Å². The van der Waals surface area contributed by atoms with Crippen molar-refractivity contribution in [3.05, 3.63) is 59.2 Å². The highest BCUT2D eigenvalue weighted by Crippen LogP contribution is 2.32. The first-order valence-electron chi connectivity index (χ1n) is 6.50. The molecule has 0 spiro atoms. The van der Waals surface area contributed by atoms with E-state index in [9.17, 15) is 13.6 Å². The molecule has 0 N–H and O–H groups in total. The summed E-state index contributed by atoms with van der Waals surface area (Å²) in [5, 5.41) is 0. The summed E-state index contributed by atoms with van der Waals surface area (Å²) in [6.07, 6.45) is 0.363. The highest BCUT2D eigenvalue weighted by atomic mass is 19.1. The molecule has 0 unspecified atom stereocenters. The van der Waals surface area contributed by atoms with Crippen LogP contribution in [0.1, 0.15) is 22.3 Å². The van der Waals surface area contributed by atoms with E-state index in [4.69, 9.17) is 9.47 Å². The summed E-state index contributed by atoms with van der Waals surface area (Å²) in [4.78, 5) is 12.1. The van der Waals surface area contributed by atoms with Gasteiger partial charge in [-0.2, -0.15) is 0 Å². The average Bonchev–Trinajstić information content (AvgIpc) is 2.93. The maximum Gasteiger partial charge on any atom is 0.231 e. The van der Waals surface area contributed by atoms with Crippen LogP contribution < -0.4 is 9.47 Å². The maximum absolute atomic E-state index is 13.5. The Balaban J connectivity index is 1.69. The predicted octanol–water partition coefficient (Wildman–Crippen LogP) is 3.51. The molecular weight excluding hydrogens is 278 g/mol. The first-order chi connectivity index (χ1) is 10.1. The summed E-state index contributed by atoms with van der Waals surface area (Å²) >= 11 is 0. The Morgan fingerprint density at radius 3 is 2.67 bits per heavy atom. The second-order valence-electron chi connectivity index (χ2n) is 4.73. The van der Waals surface area contributed by atoms with Crippen LogP contribution in [0.4, 0.5) is 8.78 Å². The summed E-state index contributed by atoms with van der Waals surface area (Å²) in [5.41, 5.74) is 0.812. The fraction of sp³-hybridized carbons (Fsp3) is 0.188. The summed E-state index contributed by atoms with van der Waals surface area (Å²) < 4.78 is 36.7. The van der Waals surface area contributed by atoms with Crippen LogP contribution in [-0.4, -0.2) is 12.6 Å². The van der Waals surface area contributed by atoms with E-state index in [2.05, 4.69) is 0 Å². The lowest BCUT2D eigenvalue weighted by atomic mass is 10.0. The van der Waals surface area contributed by atoms with Gasteiger partial charge in [-0.1, -0.05) is 6.07 Å². The number of rotatable bonds is 4. The Bertz CT molecular complexity index is 698. The SMILES string of the molecule is O=C(CCc1ccc(F)cc1F)c1ccc2c(c1)OCO2. The van der Waals surface area contributed by atoms with Crippen molar-refractivity contribution < 1.29 is 23.0 Å². The number of aryl methyl sites for hydroxylation is 1. The molecule has 0 aliphatic carbocycles. The molecule has 3 nitrogen and oxygen atoms in total. The number of ketones is 1. The summed E-state index contributed by atoms with van der Waals surface area (Å²) in [6, 6.07) is 8.30. The maximum atomic E-state index is 13.5. The highest BCUT2D eigenvalue weighted by Gasteiger charge is 2.16. The van der Waals surface area contributed by atoms with E-state index in [0.29, 0.717) is 22.6 Å². The standard InChI is InChI=1S/C16H12F2O3/c17-12-4-1-10(13(18)8-12)2-5-14(19)11-3-6-15-16(7-11)21-9-20-15/h1,3-4,6-8H,2,5,9H2. The molecule has 21 heavy (non-hydrogen) atoms. The molecule has 0 atom stereocenters. The van der Waals surface area contributed by atoms with Crippen molar-refractivity contribution in [1.82, 2.24) is 0 Å². The zero-order valence-corrected chi connectivity index (χ0v) is 11.1. The smallest absolute Gasteiger partial charge is 0.231 e. The second kappa shape index (κ2) is 5.52. The Hall–Kier alpha value is -2.43. The third kappa shape index (κ3) is 2.86. The van der Waals surface area contributed by atoms with Crippen LogP contribution in [0.25, 0.3) is 0 Å². The van der Waals surface area contributed by atoms with E-state index in [1.807, 2.05) is 0 Å². The fourth-order valence-corrected chi connectivity index (χ4v) is 2.19. The average molecular weight is 290 g/mol. The molecule has 0 fully saturated rings. The molecule has 1 aliphatic heterocycles. The first-order valence-corrected chi connectivity index (χ1v) is 6.50. The highest BCUT2D eigenvalue weighted by molar-refractivity contribution is 5.96. The van der Waals surface area contributed by atoms with Gasteiger partial charge in [0.25, 0.3) is 0 Å². The van der Waals surface area contributed by atoms with Crippen LogP contribution in [-0.2, 0) is 6.42 Å². The Kier molecular flexibility index (Phi) is 3.56. The van der Waals surface area contributed by atoms with Gasteiger partial charge in [0, 0.05) is 18.1 Å². The van der Waals surface area contributed by atoms with Crippen LogP contribution >= 0.6 is 0 Å². The van der Waals surface area contributed by atoms with E-state index >= 15 is 0 Å². The van der Waals surface area contributed by atoms with Crippen molar-refractivity contribution in [3.8, 4) is 11.5 Å². The number of carbonyl (C=O) groups excluding carboxylic acids is 1. The number of fused-ring (bicyclic) bond motifs is 1. The molecule has 108 valence electrons. The van der Waals surface area contributed by atoms with Crippen LogP contribution in [0.15, 0.2) is 36.4 Å². The van der Waals surface area contributed by atoms with Gasteiger partial charge in [0.15, 0.2) is 17.3 Å². The lowest BCUT2D eigenvalue weighted by molar-refractivity contribution is 0.0982. The topological polar surface area (TPSA) is 35.5 Å². The monoisotopic (exact) mass is 290 g/mol. The summed E-state index contributed by atoms with van der Waals surface area (Å²) in [6.45, 7) is 0.147. The van der Waals surface area contributed by atoms with Crippen molar-refractivity contribution in [1.29, 1.82) is 0 Å². The molecule has 2 aromatic rings. The molecule has 0 amide bonds. The lowest BCUT2D eigenvalue weighted by Gasteiger charge is -2.04. The minimum atomic E-state index is -0.631. The Labute approximate surface area is 120 Å². The number of ether oxygens (including phenoxy) is 2. The number of halogens is 2. The summed E-state index contributed by atoms with van der Waals surface area (Å²) in [7, 11) is 0. The molecule has 2 aromatic carbocycles. The predicted molar refractivity (Wildman–Crippen MR) is 71.6 cm³/mol. The third-order valence-corrected chi connectivity index (χ3v) is 3.33. The van der Waals surface area contributed by atoms with E-state index < -0.39 is 11.6 Å². The van der Waals surface area contributed by atoms with Gasteiger partial charge >= 0.3 is 0 Å². The van der Waals surface area contributed by atoms with Crippen molar-refractivity contribution in [2.24, 2.45) is 0 Å². The fourth-order valence-electron chi connectivity index (χ4n) is 2.19. The number of carbonyl (C=O) groups is 1. The Morgan fingerprint density at radius 1 is 1.05 bits per heavy atom. The third-order valence-electron chi connectivity index (χ3n) is 3.33. The van der Waals surface area contributed by atoms with Crippen molar-refractivity contribution >= 4 is 5.78 Å². The van der Waals surface area contributed by atoms with E-state index in [1.165, 1.54) is 12.1 Å². The van der Waals surface area contributed by atoms with Crippen LogP contribution in [0.5, 0.6) is 11.5 Å². The number of hydrogen-bond acceptors (Lipinski definition) is 3. The molecular formula is C16H12F2O3. The van der Waals surface area contributed by atoms with Gasteiger partial charge in [-0.15, -0.1) is 0 Å². The van der Waals surface area contributed by atoms with Gasteiger partial charge in [0.2, 0.25) is 6.79 Å². The van der Waals surface area contributed by atoms with Crippen molar-refractivity contribution in [3.63, 3.8) is 0 Å². The molecule has 5 heteroatoms. The van der Waals surface area contributed by atoms with Gasteiger partial charge in [-0.3, -0.25) is 4.79 Å². The lowest BCUT2D eigenvalue weighted by Crippen LogP contribution is -2.02. The zero-order valence-electron chi connectivity index (χ0n) is 11.1. The van der Waals surface area contributed by atoms with Gasteiger partial charge in [-0.05, 0) is 36.2 Å². The van der Waals surface area contributed by atoms with Crippen molar-refractivity contribution in [2.45, 2.75) is 12.8 Å². The number of benzene rings is 2. The first kappa shape index (κ1) is 13.5. The van der Waals surface area contributed by atoms with Crippen molar-refractivity contribution in [2.75, 3.05) is 6.79 Å². The van der Waals surface area contributed by atoms with Crippen LogP contribution in [0.2, 0.25) is 0 Å². The minimum absolute atomic E-state index is 0.128. The molecule has 0 bridgehead atoms.